The smallest absolute Gasteiger partial charge is 0.150 e. The van der Waals surface area contributed by atoms with Crippen LogP contribution in [0.15, 0.2) is 18.5 Å². The number of fused-ring (bicyclic) bond motifs is 1. The molecular weight excluding hydrogens is 319 g/mol. The minimum atomic E-state index is 0.462. The SMILES string of the molecule is Clc1cc(-c2cc3ncnc(Cl)c3s2)c(Cl)s1. The maximum atomic E-state index is 6.12. The van der Waals surface area contributed by atoms with Crippen molar-refractivity contribution in [3.8, 4) is 10.4 Å². The van der Waals surface area contributed by atoms with E-state index in [9.17, 15) is 0 Å². The van der Waals surface area contributed by atoms with E-state index in [4.69, 9.17) is 34.8 Å². The summed E-state index contributed by atoms with van der Waals surface area (Å²) in [5.41, 5.74) is 1.74. The standard InChI is InChI=1S/C10H3Cl3N2S2/c11-7-1-4(10(13)17-7)6-2-5-8(16-6)9(12)15-3-14-5/h1-3H. The van der Waals surface area contributed by atoms with Crippen LogP contribution in [0.4, 0.5) is 0 Å². The van der Waals surface area contributed by atoms with E-state index in [0.29, 0.717) is 13.8 Å². The molecule has 3 aromatic rings. The first kappa shape index (κ1) is 11.7. The average molecular weight is 322 g/mol. The molecule has 0 aromatic carbocycles. The fourth-order valence-corrected chi connectivity index (χ4v) is 4.35. The predicted octanol–water partition coefficient (Wildman–Crippen LogP) is 5.38. The van der Waals surface area contributed by atoms with Crippen LogP contribution in [0.2, 0.25) is 13.8 Å². The molecule has 0 radical (unpaired) electrons. The third kappa shape index (κ3) is 2.04. The van der Waals surface area contributed by atoms with Crippen molar-refractivity contribution in [1.82, 2.24) is 9.97 Å². The van der Waals surface area contributed by atoms with Crippen molar-refractivity contribution >= 4 is 67.7 Å². The summed E-state index contributed by atoms with van der Waals surface area (Å²) in [7, 11) is 0. The molecule has 0 bridgehead atoms. The second kappa shape index (κ2) is 4.37. The second-order valence-electron chi connectivity index (χ2n) is 3.23. The van der Waals surface area contributed by atoms with Crippen LogP contribution in [0.3, 0.4) is 0 Å². The van der Waals surface area contributed by atoms with Gasteiger partial charge >= 0.3 is 0 Å². The summed E-state index contributed by atoms with van der Waals surface area (Å²) in [4.78, 5) is 9.11. The Balaban J connectivity index is 2.25. The molecule has 0 aliphatic rings. The lowest BCUT2D eigenvalue weighted by atomic mass is 10.3. The number of halogens is 3. The zero-order valence-corrected chi connectivity index (χ0v) is 12.0. The van der Waals surface area contributed by atoms with Crippen molar-refractivity contribution in [3.63, 3.8) is 0 Å². The molecule has 0 aliphatic heterocycles. The van der Waals surface area contributed by atoms with Crippen LogP contribution in [0, 0.1) is 0 Å². The van der Waals surface area contributed by atoms with Gasteiger partial charge in [0.1, 0.15) is 15.8 Å². The Kier molecular flexibility index (Phi) is 3.00. The van der Waals surface area contributed by atoms with Gasteiger partial charge in [0.05, 0.1) is 14.6 Å². The number of rotatable bonds is 1. The van der Waals surface area contributed by atoms with Gasteiger partial charge in [-0.25, -0.2) is 9.97 Å². The maximum Gasteiger partial charge on any atom is 0.150 e. The molecule has 0 fully saturated rings. The van der Waals surface area contributed by atoms with Crippen LogP contribution in [0.1, 0.15) is 0 Å². The quantitative estimate of drug-likeness (QED) is 0.562. The van der Waals surface area contributed by atoms with Crippen LogP contribution in [0.5, 0.6) is 0 Å². The number of thiophene rings is 2. The first-order valence-corrected chi connectivity index (χ1v) is 7.27. The van der Waals surface area contributed by atoms with Crippen LogP contribution in [-0.2, 0) is 0 Å². The Labute approximate surface area is 120 Å². The third-order valence-corrected chi connectivity index (χ3v) is 5.24. The van der Waals surface area contributed by atoms with Crippen molar-refractivity contribution in [2.24, 2.45) is 0 Å². The summed E-state index contributed by atoms with van der Waals surface area (Å²) in [6, 6.07) is 3.79. The molecule has 0 unspecified atom stereocenters. The number of hydrogen-bond acceptors (Lipinski definition) is 4. The van der Waals surface area contributed by atoms with Crippen molar-refractivity contribution in [2.45, 2.75) is 0 Å². The Morgan fingerprint density at radius 1 is 1.00 bits per heavy atom. The molecule has 0 N–H and O–H groups in total. The molecule has 0 saturated carbocycles. The summed E-state index contributed by atoms with van der Waals surface area (Å²) in [5, 5.41) is 0.462. The van der Waals surface area contributed by atoms with Crippen LogP contribution in [-0.4, -0.2) is 9.97 Å². The molecule has 17 heavy (non-hydrogen) atoms. The summed E-state index contributed by atoms with van der Waals surface area (Å²) in [6.07, 6.45) is 1.45. The van der Waals surface area contributed by atoms with Gasteiger partial charge in [0.15, 0.2) is 0 Å². The predicted molar refractivity (Wildman–Crippen MR) is 75.8 cm³/mol. The van der Waals surface area contributed by atoms with E-state index in [0.717, 1.165) is 20.7 Å². The molecule has 86 valence electrons. The highest BCUT2D eigenvalue weighted by Crippen LogP contribution is 2.43. The van der Waals surface area contributed by atoms with E-state index in [1.807, 2.05) is 12.1 Å². The topological polar surface area (TPSA) is 25.8 Å². The van der Waals surface area contributed by atoms with Gasteiger partial charge in [-0.3, -0.25) is 0 Å². The Morgan fingerprint density at radius 2 is 1.82 bits per heavy atom. The largest absolute Gasteiger partial charge is 0.235 e. The average Bonchev–Trinajstić information content (AvgIpc) is 2.82. The molecule has 0 spiro atoms. The van der Waals surface area contributed by atoms with Crippen LogP contribution >= 0.6 is 57.5 Å². The van der Waals surface area contributed by atoms with Gasteiger partial charge in [-0.15, -0.1) is 22.7 Å². The Hall–Kier alpha value is -0.390. The summed E-state index contributed by atoms with van der Waals surface area (Å²) >= 11 is 20.9. The first-order chi connectivity index (χ1) is 8.15. The van der Waals surface area contributed by atoms with Gasteiger partial charge in [-0.05, 0) is 12.1 Å². The van der Waals surface area contributed by atoms with Gasteiger partial charge in [-0.2, -0.15) is 0 Å². The lowest BCUT2D eigenvalue weighted by Crippen LogP contribution is -1.76. The molecule has 0 amide bonds. The summed E-state index contributed by atoms with van der Waals surface area (Å²) in [6.45, 7) is 0. The molecule has 2 nitrogen and oxygen atoms in total. The minimum absolute atomic E-state index is 0.462. The maximum absolute atomic E-state index is 6.12. The van der Waals surface area contributed by atoms with Crippen LogP contribution < -0.4 is 0 Å². The van der Waals surface area contributed by atoms with Gasteiger partial charge in [0.2, 0.25) is 0 Å². The van der Waals surface area contributed by atoms with Crippen molar-refractivity contribution < 1.29 is 0 Å². The van der Waals surface area contributed by atoms with E-state index in [1.165, 1.54) is 29.0 Å². The fraction of sp³-hybridized carbons (Fsp3) is 0. The summed E-state index contributed by atoms with van der Waals surface area (Å²) < 4.78 is 2.20. The molecular formula is C10H3Cl3N2S2. The van der Waals surface area contributed by atoms with Gasteiger partial charge in [0, 0.05) is 10.4 Å². The Bertz CT molecular complexity index is 705. The molecule has 0 aliphatic carbocycles. The van der Waals surface area contributed by atoms with Crippen molar-refractivity contribution in [1.29, 1.82) is 0 Å². The molecule has 0 atom stereocenters. The highest BCUT2D eigenvalue weighted by Gasteiger charge is 2.13. The van der Waals surface area contributed by atoms with Gasteiger partial charge in [0.25, 0.3) is 0 Å². The highest BCUT2D eigenvalue weighted by atomic mass is 35.5. The van der Waals surface area contributed by atoms with E-state index in [1.54, 1.807) is 0 Å². The van der Waals surface area contributed by atoms with Crippen molar-refractivity contribution in [2.75, 3.05) is 0 Å². The van der Waals surface area contributed by atoms with E-state index in [-0.39, 0.29) is 0 Å². The molecule has 7 heteroatoms. The number of aromatic nitrogens is 2. The van der Waals surface area contributed by atoms with Crippen LogP contribution in [0.25, 0.3) is 20.7 Å². The Morgan fingerprint density at radius 3 is 2.47 bits per heavy atom. The zero-order valence-electron chi connectivity index (χ0n) is 8.08. The van der Waals surface area contributed by atoms with E-state index >= 15 is 0 Å². The fourth-order valence-electron chi connectivity index (χ4n) is 1.47. The molecule has 3 aromatic heterocycles. The molecule has 3 heterocycles. The lowest BCUT2D eigenvalue weighted by Gasteiger charge is -1.90. The third-order valence-electron chi connectivity index (χ3n) is 2.19. The first-order valence-electron chi connectivity index (χ1n) is 4.50. The molecule has 0 saturated heterocycles. The minimum Gasteiger partial charge on any atom is -0.235 e. The second-order valence-corrected chi connectivity index (χ2v) is 6.92. The van der Waals surface area contributed by atoms with E-state index in [2.05, 4.69) is 9.97 Å². The van der Waals surface area contributed by atoms with E-state index < -0.39 is 0 Å². The number of nitrogens with zero attached hydrogens (tertiary/aromatic N) is 2. The lowest BCUT2D eigenvalue weighted by molar-refractivity contribution is 1.23. The highest BCUT2D eigenvalue weighted by molar-refractivity contribution is 7.24. The monoisotopic (exact) mass is 320 g/mol. The van der Waals surface area contributed by atoms with Crippen molar-refractivity contribution in [3.05, 3.63) is 32.3 Å². The molecule has 3 rings (SSSR count). The normalized spacial score (nSPS) is 11.2. The zero-order chi connectivity index (χ0) is 12.0. The van der Waals surface area contributed by atoms with Gasteiger partial charge < -0.3 is 0 Å². The van der Waals surface area contributed by atoms with Gasteiger partial charge in [-0.1, -0.05) is 34.8 Å². The summed E-state index contributed by atoms with van der Waals surface area (Å²) in [5.74, 6) is 0. The number of hydrogen-bond donors (Lipinski definition) is 0.